The molecule has 1 atom stereocenters. The summed E-state index contributed by atoms with van der Waals surface area (Å²) in [5.74, 6) is -0.727. The van der Waals surface area contributed by atoms with Crippen LogP contribution in [0, 0.1) is 10.1 Å². The Labute approximate surface area is 143 Å². The van der Waals surface area contributed by atoms with E-state index in [9.17, 15) is 20.0 Å². The van der Waals surface area contributed by atoms with E-state index >= 15 is 0 Å². The fourth-order valence-electron chi connectivity index (χ4n) is 2.80. The highest BCUT2D eigenvalue weighted by Crippen LogP contribution is 2.37. The van der Waals surface area contributed by atoms with Gasteiger partial charge in [0.2, 0.25) is 0 Å². The molecular weight excluding hydrogens is 324 g/mol. The van der Waals surface area contributed by atoms with Crippen molar-refractivity contribution in [3.8, 4) is 0 Å². The number of carbonyl (C=O) groups is 1. The number of amides is 1. The number of aliphatic hydroxyl groups is 1. The Morgan fingerprint density at radius 3 is 2.64 bits per heavy atom. The van der Waals surface area contributed by atoms with E-state index < -0.39 is 16.6 Å². The molecule has 1 aromatic heterocycles. The van der Waals surface area contributed by atoms with Crippen molar-refractivity contribution >= 4 is 17.3 Å². The molecule has 128 valence electrons. The Morgan fingerprint density at radius 1 is 1.32 bits per heavy atom. The molecule has 0 unspecified atom stereocenters. The summed E-state index contributed by atoms with van der Waals surface area (Å²) in [6.07, 6.45) is 3.70. The Balaban J connectivity index is 2.08. The fraction of sp³-hybridized carbons (Fsp3) is 0.235. The lowest BCUT2D eigenvalue weighted by molar-refractivity contribution is -0.385. The molecule has 8 heteroatoms. The maximum atomic E-state index is 13.0. The molecule has 0 saturated heterocycles. The van der Waals surface area contributed by atoms with Crippen molar-refractivity contribution in [3.05, 3.63) is 70.0 Å². The Kier molecular flexibility index (Phi) is 4.28. The number of hydrazone groups is 1. The number of rotatable bonds is 4. The molecule has 1 aliphatic rings. The van der Waals surface area contributed by atoms with Crippen molar-refractivity contribution in [1.82, 2.24) is 9.99 Å². The number of para-hydroxylation sites is 1. The number of carbonyl (C=O) groups excluding carboxylic acids is 1. The zero-order chi connectivity index (χ0) is 18.0. The Hall–Kier alpha value is -3.13. The van der Waals surface area contributed by atoms with E-state index in [1.165, 1.54) is 36.7 Å². The first kappa shape index (κ1) is 16.7. The number of pyridine rings is 1. The highest BCUT2D eigenvalue weighted by Gasteiger charge is 2.46. The zero-order valence-corrected chi connectivity index (χ0v) is 13.5. The van der Waals surface area contributed by atoms with Crippen LogP contribution in [0.1, 0.15) is 35.7 Å². The van der Waals surface area contributed by atoms with Crippen molar-refractivity contribution in [2.75, 3.05) is 0 Å². The van der Waals surface area contributed by atoms with E-state index in [-0.39, 0.29) is 17.7 Å². The van der Waals surface area contributed by atoms with Crippen LogP contribution < -0.4 is 0 Å². The van der Waals surface area contributed by atoms with Gasteiger partial charge < -0.3 is 5.11 Å². The molecule has 25 heavy (non-hydrogen) atoms. The first-order chi connectivity index (χ1) is 12.0. The van der Waals surface area contributed by atoms with Crippen LogP contribution in [0.4, 0.5) is 5.69 Å². The van der Waals surface area contributed by atoms with Crippen molar-refractivity contribution in [3.63, 3.8) is 0 Å². The van der Waals surface area contributed by atoms with Crippen molar-refractivity contribution in [1.29, 1.82) is 0 Å². The molecule has 1 N–H and O–H groups in total. The molecule has 1 aliphatic heterocycles. The van der Waals surface area contributed by atoms with Crippen molar-refractivity contribution in [2.45, 2.75) is 25.5 Å². The minimum absolute atomic E-state index is 0.124. The van der Waals surface area contributed by atoms with Gasteiger partial charge in [0.25, 0.3) is 11.6 Å². The average Bonchev–Trinajstić information content (AvgIpc) is 3.00. The summed E-state index contributed by atoms with van der Waals surface area (Å²) >= 11 is 0. The highest BCUT2D eigenvalue weighted by molar-refractivity contribution is 6.01. The molecule has 0 bridgehead atoms. The molecule has 0 radical (unpaired) electrons. The zero-order valence-electron chi connectivity index (χ0n) is 13.5. The van der Waals surface area contributed by atoms with Gasteiger partial charge in [0.15, 0.2) is 5.72 Å². The summed E-state index contributed by atoms with van der Waals surface area (Å²) in [7, 11) is 0. The van der Waals surface area contributed by atoms with E-state index in [2.05, 4.69) is 10.1 Å². The second-order valence-corrected chi connectivity index (χ2v) is 5.64. The maximum Gasteiger partial charge on any atom is 0.283 e. The van der Waals surface area contributed by atoms with Gasteiger partial charge in [-0.1, -0.05) is 19.1 Å². The van der Waals surface area contributed by atoms with Crippen LogP contribution in [0.5, 0.6) is 0 Å². The van der Waals surface area contributed by atoms with Gasteiger partial charge >= 0.3 is 0 Å². The van der Waals surface area contributed by atoms with Gasteiger partial charge in [-0.3, -0.25) is 19.9 Å². The molecule has 1 aromatic carbocycles. The number of nitrogens with zero attached hydrogens (tertiary/aromatic N) is 4. The highest BCUT2D eigenvalue weighted by atomic mass is 16.6. The van der Waals surface area contributed by atoms with Gasteiger partial charge in [-0.05, 0) is 24.6 Å². The average molecular weight is 340 g/mol. The van der Waals surface area contributed by atoms with Crippen molar-refractivity contribution in [2.24, 2.45) is 5.10 Å². The fourth-order valence-corrected chi connectivity index (χ4v) is 2.80. The lowest BCUT2D eigenvalue weighted by Crippen LogP contribution is -2.43. The largest absolute Gasteiger partial charge is 0.365 e. The summed E-state index contributed by atoms with van der Waals surface area (Å²) in [5.41, 5.74) is -1.08. The monoisotopic (exact) mass is 340 g/mol. The van der Waals surface area contributed by atoms with Crippen LogP contribution in [0.25, 0.3) is 0 Å². The number of nitro benzene ring substituents is 1. The van der Waals surface area contributed by atoms with Gasteiger partial charge in [0.05, 0.1) is 4.92 Å². The number of aromatic nitrogens is 1. The second kappa shape index (κ2) is 6.40. The third kappa shape index (κ3) is 2.87. The van der Waals surface area contributed by atoms with Crippen LogP contribution in [0.15, 0.2) is 53.9 Å². The third-order valence-electron chi connectivity index (χ3n) is 4.12. The van der Waals surface area contributed by atoms with Gasteiger partial charge in [0, 0.05) is 36.2 Å². The predicted octanol–water partition coefficient (Wildman–Crippen LogP) is 2.45. The minimum Gasteiger partial charge on any atom is -0.365 e. The van der Waals surface area contributed by atoms with Gasteiger partial charge in [-0.25, -0.2) is 0 Å². The Bertz CT molecular complexity index is 853. The maximum absolute atomic E-state index is 13.0. The van der Waals surface area contributed by atoms with Crippen LogP contribution in [0.3, 0.4) is 0 Å². The SMILES string of the molecule is CCC1=NN(C(=O)c2ccccc2[N+](=O)[O-])[C@@](O)(c2ccncc2)C1. The number of hydrogen-bond acceptors (Lipinski definition) is 6. The number of nitro groups is 1. The van der Waals surface area contributed by atoms with Gasteiger partial charge in [0.1, 0.15) is 5.56 Å². The lowest BCUT2D eigenvalue weighted by atomic mass is 9.97. The summed E-state index contributed by atoms with van der Waals surface area (Å²) in [4.78, 5) is 27.5. The normalized spacial score (nSPS) is 19.6. The number of benzene rings is 1. The standard InChI is InChI=1S/C17H16N4O4/c1-2-13-11-17(23,12-7-9-18-10-8-12)20(19-13)16(22)14-5-3-4-6-15(14)21(24)25/h3-10,23H,2,11H2,1H3/t17-/m0/s1. The smallest absolute Gasteiger partial charge is 0.283 e. The molecule has 3 rings (SSSR count). The van der Waals surface area contributed by atoms with E-state index in [1.807, 2.05) is 6.92 Å². The van der Waals surface area contributed by atoms with Crippen LogP contribution in [-0.4, -0.2) is 31.6 Å². The molecule has 0 saturated carbocycles. The summed E-state index contributed by atoms with van der Waals surface area (Å²) in [6, 6.07) is 8.80. The lowest BCUT2D eigenvalue weighted by Gasteiger charge is -2.31. The van der Waals surface area contributed by atoms with Gasteiger partial charge in [-0.2, -0.15) is 10.1 Å². The summed E-state index contributed by atoms with van der Waals surface area (Å²) in [6.45, 7) is 1.87. The molecule has 2 aromatic rings. The Morgan fingerprint density at radius 2 is 2.00 bits per heavy atom. The third-order valence-corrected chi connectivity index (χ3v) is 4.12. The quantitative estimate of drug-likeness (QED) is 0.679. The summed E-state index contributed by atoms with van der Waals surface area (Å²) in [5, 5.41) is 27.6. The summed E-state index contributed by atoms with van der Waals surface area (Å²) < 4.78 is 0. The first-order valence-corrected chi connectivity index (χ1v) is 7.74. The molecule has 8 nitrogen and oxygen atoms in total. The number of hydrogen-bond donors (Lipinski definition) is 1. The predicted molar refractivity (Wildman–Crippen MR) is 89.7 cm³/mol. The molecular formula is C17H16N4O4. The molecule has 2 heterocycles. The molecule has 0 spiro atoms. The van der Waals surface area contributed by atoms with E-state index in [1.54, 1.807) is 12.1 Å². The van der Waals surface area contributed by atoms with Gasteiger partial charge in [-0.15, -0.1) is 0 Å². The molecule has 1 amide bonds. The molecule has 0 fully saturated rings. The minimum atomic E-state index is -1.70. The van der Waals surface area contributed by atoms with Crippen LogP contribution >= 0.6 is 0 Å². The first-order valence-electron chi connectivity index (χ1n) is 7.74. The van der Waals surface area contributed by atoms with E-state index in [0.717, 1.165) is 5.01 Å². The molecule has 0 aliphatic carbocycles. The van der Waals surface area contributed by atoms with Crippen LogP contribution in [0.2, 0.25) is 0 Å². The van der Waals surface area contributed by atoms with Crippen molar-refractivity contribution < 1.29 is 14.8 Å². The second-order valence-electron chi connectivity index (χ2n) is 5.64. The van der Waals surface area contributed by atoms with Crippen LogP contribution in [-0.2, 0) is 5.72 Å². The topological polar surface area (TPSA) is 109 Å². The van der Waals surface area contributed by atoms with E-state index in [0.29, 0.717) is 17.7 Å². The van der Waals surface area contributed by atoms with E-state index in [4.69, 9.17) is 0 Å².